The fraction of sp³-hybridized carbons (Fsp3) is 0.500. The van der Waals surface area contributed by atoms with Crippen LogP contribution in [-0.4, -0.2) is 8.42 Å². The van der Waals surface area contributed by atoms with Gasteiger partial charge in [0.05, 0.1) is 17.4 Å². The van der Waals surface area contributed by atoms with Gasteiger partial charge in [-0.05, 0) is 44.5 Å². The van der Waals surface area contributed by atoms with Gasteiger partial charge in [-0.3, -0.25) is 0 Å². The fourth-order valence-corrected chi connectivity index (χ4v) is 4.90. The maximum absolute atomic E-state index is 11.9. The number of hydrogen-bond donors (Lipinski definition) is 1. The van der Waals surface area contributed by atoms with E-state index in [1.54, 1.807) is 6.07 Å². The summed E-state index contributed by atoms with van der Waals surface area (Å²) in [5.74, 6) is 0.0905. The number of nitriles is 1. The molecule has 0 saturated carbocycles. The lowest BCUT2D eigenvalue weighted by Gasteiger charge is -2.21. The summed E-state index contributed by atoms with van der Waals surface area (Å²) in [6.07, 6.45) is 0.247. The van der Waals surface area contributed by atoms with Gasteiger partial charge in [-0.25, -0.2) is 13.6 Å². The zero-order valence-electron chi connectivity index (χ0n) is 12.1. The molecule has 4 nitrogen and oxygen atoms in total. The smallest absolute Gasteiger partial charge is 0.225 e. The highest BCUT2D eigenvalue weighted by molar-refractivity contribution is 9.10. The van der Waals surface area contributed by atoms with Gasteiger partial charge in [0.1, 0.15) is 0 Å². The lowest BCUT2D eigenvalue weighted by Crippen LogP contribution is -2.18. The summed E-state index contributed by atoms with van der Waals surface area (Å²) in [5, 5.41) is 14.3. The van der Waals surface area contributed by atoms with Crippen molar-refractivity contribution in [2.75, 3.05) is 0 Å². The molecular weight excluding hydrogens is 340 g/mol. The molecule has 0 aromatic heterocycles. The van der Waals surface area contributed by atoms with E-state index in [9.17, 15) is 8.42 Å². The van der Waals surface area contributed by atoms with Gasteiger partial charge in [-0.2, -0.15) is 5.26 Å². The molecule has 20 heavy (non-hydrogen) atoms. The van der Waals surface area contributed by atoms with E-state index < -0.39 is 10.0 Å². The molecule has 0 saturated heterocycles. The summed E-state index contributed by atoms with van der Waals surface area (Å²) in [7, 11) is -3.83. The van der Waals surface area contributed by atoms with Gasteiger partial charge in [-0.1, -0.05) is 33.8 Å². The SMILES string of the molecule is CC(C)c1cc(CC#N)c(C(C)C)c(Br)c1S(N)(=O)=O. The van der Waals surface area contributed by atoms with E-state index in [-0.39, 0.29) is 23.2 Å². The number of sulfonamides is 1. The van der Waals surface area contributed by atoms with Crippen molar-refractivity contribution in [2.45, 2.75) is 50.8 Å². The van der Waals surface area contributed by atoms with Gasteiger partial charge >= 0.3 is 0 Å². The fourth-order valence-electron chi connectivity index (χ4n) is 2.29. The third-order valence-corrected chi connectivity index (χ3v) is 5.22. The average molecular weight is 359 g/mol. The minimum Gasteiger partial charge on any atom is -0.225 e. The van der Waals surface area contributed by atoms with Crippen molar-refractivity contribution in [2.24, 2.45) is 5.14 Å². The van der Waals surface area contributed by atoms with Crippen molar-refractivity contribution in [3.63, 3.8) is 0 Å². The Labute approximate surface area is 129 Å². The zero-order valence-corrected chi connectivity index (χ0v) is 14.5. The Morgan fingerprint density at radius 2 is 1.85 bits per heavy atom. The molecule has 0 aliphatic rings. The first-order valence-corrected chi connectivity index (χ1v) is 8.70. The molecule has 0 spiro atoms. The Bertz CT molecular complexity index is 659. The predicted octanol–water partition coefficient (Wildman–Crippen LogP) is 3.41. The number of primary sulfonamides is 1. The molecule has 0 atom stereocenters. The normalized spacial score (nSPS) is 11.9. The lowest BCUT2D eigenvalue weighted by atomic mass is 9.91. The van der Waals surface area contributed by atoms with Crippen LogP contribution in [-0.2, 0) is 16.4 Å². The maximum Gasteiger partial charge on any atom is 0.239 e. The van der Waals surface area contributed by atoms with Crippen molar-refractivity contribution < 1.29 is 8.42 Å². The van der Waals surface area contributed by atoms with Crippen LogP contribution in [0.1, 0.15) is 56.2 Å². The highest BCUT2D eigenvalue weighted by Gasteiger charge is 2.25. The van der Waals surface area contributed by atoms with Crippen LogP contribution in [0.3, 0.4) is 0 Å². The first-order valence-electron chi connectivity index (χ1n) is 6.36. The molecule has 2 N–H and O–H groups in total. The second-order valence-corrected chi connectivity index (χ2v) is 7.66. The molecule has 0 radical (unpaired) electrons. The summed E-state index contributed by atoms with van der Waals surface area (Å²) in [4.78, 5) is 0.137. The van der Waals surface area contributed by atoms with Gasteiger partial charge in [0, 0.05) is 4.47 Å². The first-order chi connectivity index (χ1) is 9.11. The molecule has 0 aliphatic heterocycles. The topological polar surface area (TPSA) is 83.9 Å². The molecule has 0 amide bonds. The van der Waals surface area contributed by atoms with Gasteiger partial charge in [0.2, 0.25) is 10.0 Å². The van der Waals surface area contributed by atoms with Crippen LogP contribution in [0.4, 0.5) is 0 Å². The van der Waals surface area contributed by atoms with Gasteiger partial charge < -0.3 is 0 Å². The Kier molecular flexibility index (Phi) is 5.36. The Balaban J connectivity index is 3.86. The highest BCUT2D eigenvalue weighted by Crippen LogP contribution is 2.38. The van der Waals surface area contributed by atoms with E-state index in [0.717, 1.165) is 11.1 Å². The molecule has 1 aromatic rings. The summed E-state index contributed by atoms with van der Waals surface area (Å²) in [6, 6.07) is 3.93. The molecular formula is C14H19BrN2O2S. The van der Waals surface area contributed by atoms with Gasteiger partial charge in [-0.15, -0.1) is 0 Å². The van der Waals surface area contributed by atoms with Crippen molar-refractivity contribution >= 4 is 26.0 Å². The quantitative estimate of drug-likeness (QED) is 0.894. The van der Waals surface area contributed by atoms with E-state index in [1.165, 1.54) is 0 Å². The largest absolute Gasteiger partial charge is 0.239 e. The number of rotatable bonds is 4. The molecule has 0 bridgehead atoms. The number of nitrogens with two attached hydrogens (primary N) is 1. The highest BCUT2D eigenvalue weighted by atomic mass is 79.9. The third-order valence-electron chi connectivity index (χ3n) is 3.13. The summed E-state index contributed by atoms with van der Waals surface area (Å²) < 4.78 is 24.3. The molecule has 0 aliphatic carbocycles. The van der Waals surface area contributed by atoms with Crippen molar-refractivity contribution in [3.05, 3.63) is 27.2 Å². The van der Waals surface area contributed by atoms with Crippen molar-refractivity contribution in [1.82, 2.24) is 0 Å². The average Bonchev–Trinajstić information content (AvgIpc) is 2.25. The zero-order chi connectivity index (χ0) is 15.7. The second kappa shape index (κ2) is 6.25. The van der Waals surface area contributed by atoms with Crippen molar-refractivity contribution in [1.29, 1.82) is 5.26 Å². The minimum absolute atomic E-state index is 0.00159. The summed E-state index contributed by atoms with van der Waals surface area (Å²) >= 11 is 3.39. The number of benzene rings is 1. The van der Waals surface area contributed by atoms with E-state index in [0.29, 0.717) is 10.0 Å². The summed E-state index contributed by atoms with van der Waals surface area (Å²) in [5.41, 5.74) is 2.33. The molecule has 0 unspecified atom stereocenters. The van der Waals surface area contributed by atoms with E-state index in [4.69, 9.17) is 10.4 Å². The Morgan fingerprint density at radius 3 is 2.20 bits per heavy atom. The van der Waals surface area contributed by atoms with Gasteiger partial charge in [0.25, 0.3) is 0 Å². The van der Waals surface area contributed by atoms with Crippen LogP contribution < -0.4 is 5.14 Å². The standard InChI is InChI=1S/C14H19BrN2O2S/c1-8(2)11-7-10(5-6-16)12(9(3)4)13(15)14(11)20(17,18)19/h7-9H,5H2,1-4H3,(H2,17,18,19). The second-order valence-electron chi connectivity index (χ2n) is 5.37. The molecule has 1 rings (SSSR count). The number of nitrogens with zero attached hydrogens (tertiary/aromatic N) is 1. The lowest BCUT2D eigenvalue weighted by molar-refractivity contribution is 0.594. The van der Waals surface area contributed by atoms with Crippen LogP contribution in [0.5, 0.6) is 0 Å². The van der Waals surface area contributed by atoms with E-state index in [2.05, 4.69) is 22.0 Å². The van der Waals surface area contributed by atoms with Crippen molar-refractivity contribution in [3.8, 4) is 6.07 Å². The Morgan fingerprint density at radius 1 is 1.30 bits per heavy atom. The summed E-state index contributed by atoms with van der Waals surface area (Å²) in [6.45, 7) is 7.73. The van der Waals surface area contributed by atoms with Crippen LogP contribution in [0.2, 0.25) is 0 Å². The molecule has 0 heterocycles. The van der Waals surface area contributed by atoms with Crippen LogP contribution >= 0.6 is 15.9 Å². The predicted molar refractivity (Wildman–Crippen MR) is 83.0 cm³/mol. The molecule has 0 fully saturated rings. The third kappa shape index (κ3) is 3.40. The molecule has 1 aromatic carbocycles. The first kappa shape index (κ1) is 17.2. The van der Waals surface area contributed by atoms with Crippen LogP contribution in [0.25, 0.3) is 0 Å². The number of halogens is 1. The monoisotopic (exact) mass is 358 g/mol. The molecule has 6 heteroatoms. The van der Waals surface area contributed by atoms with E-state index in [1.807, 2.05) is 27.7 Å². The number of hydrogen-bond acceptors (Lipinski definition) is 3. The maximum atomic E-state index is 11.9. The van der Waals surface area contributed by atoms with Gasteiger partial charge in [0.15, 0.2) is 0 Å². The Hall–Kier alpha value is -0.900. The van der Waals surface area contributed by atoms with Crippen LogP contribution in [0.15, 0.2) is 15.4 Å². The van der Waals surface area contributed by atoms with E-state index >= 15 is 0 Å². The van der Waals surface area contributed by atoms with Crippen LogP contribution in [0, 0.1) is 11.3 Å². The molecule has 110 valence electrons. The minimum atomic E-state index is -3.83.